The molecule has 0 radical (unpaired) electrons. The number of carbonyl (C=O) groups is 1. The number of nitrogens with zero attached hydrogens (tertiary/aromatic N) is 1. The second kappa shape index (κ2) is 7.01. The summed E-state index contributed by atoms with van der Waals surface area (Å²) in [5.74, 6) is 0.443. The van der Waals surface area contributed by atoms with E-state index in [4.69, 9.17) is 32.4 Å². The van der Waals surface area contributed by atoms with Gasteiger partial charge < -0.3 is 9.15 Å². The number of benzene rings is 1. The smallest absolute Gasteiger partial charge is 0.417 e. The Bertz CT molecular complexity index is 930. The van der Waals surface area contributed by atoms with E-state index >= 15 is 0 Å². The summed E-state index contributed by atoms with van der Waals surface area (Å²) in [6, 6.07) is 7.93. The van der Waals surface area contributed by atoms with E-state index in [0.29, 0.717) is 23.8 Å². The van der Waals surface area contributed by atoms with Gasteiger partial charge in [0.15, 0.2) is 17.8 Å². The van der Waals surface area contributed by atoms with Crippen molar-refractivity contribution >= 4 is 29.5 Å². The Kier molecular flexibility index (Phi) is 4.93. The highest BCUT2D eigenvalue weighted by Gasteiger charge is 2.30. The van der Waals surface area contributed by atoms with Gasteiger partial charge in [-0.1, -0.05) is 23.2 Å². The van der Waals surface area contributed by atoms with E-state index in [9.17, 15) is 18.0 Å². The van der Waals surface area contributed by atoms with Gasteiger partial charge in [-0.05, 0) is 30.3 Å². The third-order valence-electron chi connectivity index (χ3n) is 3.30. The Hall–Kier alpha value is -2.51. The van der Waals surface area contributed by atoms with Crippen molar-refractivity contribution in [2.24, 2.45) is 0 Å². The molecular weight excluding hydrogens is 394 g/mol. The number of alkyl halides is 3. The second-order valence-corrected chi connectivity index (χ2v) is 5.89. The molecule has 4 nitrogen and oxygen atoms in total. The Morgan fingerprint density at radius 1 is 1.08 bits per heavy atom. The van der Waals surface area contributed by atoms with Crippen LogP contribution in [-0.2, 0) is 6.18 Å². The summed E-state index contributed by atoms with van der Waals surface area (Å²) in [5.41, 5.74) is -0.401. The van der Waals surface area contributed by atoms with E-state index in [2.05, 4.69) is 4.98 Å². The SMILES string of the molecule is O=Cc1ccc(-c2cc(Cl)c(Oc3ccc(C(F)(F)F)cn3)c(Cl)c2)o1. The molecular formula is C17H8Cl2F3NO3. The van der Waals surface area contributed by atoms with Crippen LogP contribution >= 0.6 is 23.2 Å². The summed E-state index contributed by atoms with van der Waals surface area (Å²) in [4.78, 5) is 14.3. The number of pyridine rings is 1. The number of carbonyl (C=O) groups excluding carboxylic acids is 1. The average molecular weight is 402 g/mol. The topological polar surface area (TPSA) is 52.3 Å². The molecule has 0 amide bonds. The summed E-state index contributed by atoms with van der Waals surface area (Å²) in [6.07, 6.45) is -3.29. The molecule has 0 unspecified atom stereocenters. The van der Waals surface area contributed by atoms with Crippen molar-refractivity contribution in [3.63, 3.8) is 0 Å². The molecule has 1 aromatic carbocycles. The zero-order valence-electron chi connectivity index (χ0n) is 12.7. The first-order valence-electron chi connectivity index (χ1n) is 7.03. The standard InChI is InChI=1S/C17H8Cl2F3NO3/c18-12-5-9(14-3-2-11(8-24)25-14)6-13(19)16(12)26-15-4-1-10(7-23-15)17(20,21)22/h1-8H. The van der Waals surface area contributed by atoms with Gasteiger partial charge in [0.1, 0.15) is 5.76 Å². The number of furan rings is 1. The fourth-order valence-electron chi connectivity index (χ4n) is 2.08. The molecule has 0 saturated carbocycles. The first-order valence-corrected chi connectivity index (χ1v) is 7.79. The molecule has 2 heterocycles. The van der Waals surface area contributed by atoms with Crippen LogP contribution in [0, 0.1) is 0 Å². The summed E-state index contributed by atoms with van der Waals surface area (Å²) < 4.78 is 48.3. The molecule has 0 N–H and O–H groups in total. The molecule has 134 valence electrons. The van der Waals surface area contributed by atoms with Crippen LogP contribution in [0.15, 0.2) is 47.0 Å². The van der Waals surface area contributed by atoms with E-state index in [1.165, 1.54) is 18.2 Å². The minimum absolute atomic E-state index is 0.0338. The average Bonchev–Trinajstić information content (AvgIpc) is 3.07. The van der Waals surface area contributed by atoms with Gasteiger partial charge in [0.2, 0.25) is 5.88 Å². The van der Waals surface area contributed by atoms with Gasteiger partial charge in [0.25, 0.3) is 0 Å². The van der Waals surface area contributed by atoms with Gasteiger partial charge in [-0.15, -0.1) is 0 Å². The molecule has 0 aliphatic heterocycles. The van der Waals surface area contributed by atoms with Crippen molar-refractivity contribution in [3.05, 3.63) is 64.0 Å². The summed E-state index contributed by atoms with van der Waals surface area (Å²) >= 11 is 12.3. The maximum absolute atomic E-state index is 12.6. The van der Waals surface area contributed by atoms with Gasteiger partial charge >= 0.3 is 6.18 Å². The van der Waals surface area contributed by atoms with Crippen molar-refractivity contribution in [2.45, 2.75) is 6.18 Å². The molecule has 0 aliphatic carbocycles. The van der Waals surface area contributed by atoms with Crippen LogP contribution < -0.4 is 4.74 Å². The highest BCUT2D eigenvalue weighted by atomic mass is 35.5. The third-order valence-corrected chi connectivity index (χ3v) is 3.86. The van der Waals surface area contributed by atoms with Crippen LogP contribution in [0.5, 0.6) is 11.6 Å². The minimum atomic E-state index is -4.49. The van der Waals surface area contributed by atoms with Gasteiger partial charge in [0, 0.05) is 17.8 Å². The molecule has 0 saturated heterocycles. The lowest BCUT2D eigenvalue weighted by atomic mass is 10.1. The molecule has 9 heteroatoms. The Morgan fingerprint density at radius 3 is 2.27 bits per heavy atom. The van der Waals surface area contributed by atoms with Crippen LogP contribution in [-0.4, -0.2) is 11.3 Å². The Labute approximate surface area is 155 Å². The zero-order valence-corrected chi connectivity index (χ0v) is 14.2. The molecule has 0 fully saturated rings. The van der Waals surface area contributed by atoms with Crippen molar-refractivity contribution in [1.82, 2.24) is 4.98 Å². The Balaban J connectivity index is 1.88. The van der Waals surface area contributed by atoms with Crippen LogP contribution in [0.1, 0.15) is 16.1 Å². The van der Waals surface area contributed by atoms with E-state index in [-0.39, 0.29) is 27.4 Å². The number of halogens is 5. The predicted octanol–water partition coefficient (Wildman–Crippen LogP) is 6.27. The van der Waals surface area contributed by atoms with Gasteiger partial charge in [-0.2, -0.15) is 13.2 Å². The van der Waals surface area contributed by atoms with Crippen molar-refractivity contribution < 1.29 is 27.1 Å². The lowest BCUT2D eigenvalue weighted by Gasteiger charge is -2.11. The van der Waals surface area contributed by atoms with E-state index < -0.39 is 11.7 Å². The third kappa shape index (κ3) is 3.84. The monoisotopic (exact) mass is 401 g/mol. The maximum atomic E-state index is 12.6. The minimum Gasteiger partial charge on any atom is -0.453 e. The molecule has 0 aliphatic rings. The van der Waals surface area contributed by atoms with E-state index in [1.54, 1.807) is 6.07 Å². The highest BCUT2D eigenvalue weighted by molar-refractivity contribution is 6.37. The largest absolute Gasteiger partial charge is 0.453 e. The molecule has 3 aromatic rings. The van der Waals surface area contributed by atoms with Crippen LogP contribution in [0.4, 0.5) is 13.2 Å². The van der Waals surface area contributed by atoms with E-state index in [1.807, 2.05) is 0 Å². The molecule has 2 aromatic heterocycles. The molecule has 0 spiro atoms. The number of aldehydes is 1. The van der Waals surface area contributed by atoms with Gasteiger partial charge in [-0.25, -0.2) is 4.98 Å². The van der Waals surface area contributed by atoms with E-state index in [0.717, 1.165) is 12.1 Å². The Morgan fingerprint density at radius 2 is 1.77 bits per heavy atom. The molecule has 3 rings (SSSR count). The lowest BCUT2D eigenvalue weighted by molar-refractivity contribution is -0.137. The predicted molar refractivity (Wildman–Crippen MR) is 88.9 cm³/mol. The highest BCUT2D eigenvalue weighted by Crippen LogP contribution is 2.40. The van der Waals surface area contributed by atoms with Crippen LogP contribution in [0.3, 0.4) is 0 Å². The maximum Gasteiger partial charge on any atom is 0.417 e. The fraction of sp³-hybridized carbons (Fsp3) is 0.0588. The normalized spacial score (nSPS) is 11.4. The summed E-state index contributed by atoms with van der Waals surface area (Å²) in [7, 11) is 0. The van der Waals surface area contributed by atoms with Crippen LogP contribution in [0.2, 0.25) is 10.0 Å². The molecule has 0 bridgehead atoms. The van der Waals surface area contributed by atoms with Crippen molar-refractivity contribution in [2.75, 3.05) is 0 Å². The van der Waals surface area contributed by atoms with Crippen LogP contribution in [0.25, 0.3) is 11.3 Å². The quantitative estimate of drug-likeness (QED) is 0.483. The van der Waals surface area contributed by atoms with Gasteiger partial charge in [0.05, 0.1) is 15.6 Å². The number of hydrogen-bond donors (Lipinski definition) is 0. The summed E-state index contributed by atoms with van der Waals surface area (Å²) in [5, 5.41) is 0.191. The molecule has 0 atom stereocenters. The summed E-state index contributed by atoms with van der Waals surface area (Å²) in [6.45, 7) is 0. The van der Waals surface area contributed by atoms with Gasteiger partial charge in [-0.3, -0.25) is 4.79 Å². The number of ether oxygens (including phenoxy) is 1. The number of aromatic nitrogens is 1. The molecule has 26 heavy (non-hydrogen) atoms. The number of rotatable bonds is 4. The first-order chi connectivity index (χ1) is 12.3. The number of hydrogen-bond acceptors (Lipinski definition) is 4. The zero-order chi connectivity index (χ0) is 18.9. The van der Waals surface area contributed by atoms with Crippen molar-refractivity contribution in [3.8, 4) is 23.0 Å². The lowest BCUT2D eigenvalue weighted by Crippen LogP contribution is -2.05. The second-order valence-electron chi connectivity index (χ2n) is 5.07. The fourth-order valence-corrected chi connectivity index (χ4v) is 2.65. The van der Waals surface area contributed by atoms with Crippen molar-refractivity contribution in [1.29, 1.82) is 0 Å². The first kappa shape index (κ1) is 18.3.